The first-order valence-corrected chi connectivity index (χ1v) is 10.7. The molecule has 1 aliphatic rings. The highest BCUT2D eigenvalue weighted by molar-refractivity contribution is 7.89. The lowest BCUT2D eigenvalue weighted by Gasteiger charge is -2.26. The molecule has 0 aliphatic carbocycles. The van der Waals surface area contributed by atoms with Gasteiger partial charge in [0.1, 0.15) is 0 Å². The average Bonchev–Trinajstić information content (AvgIpc) is 2.95. The van der Waals surface area contributed by atoms with Gasteiger partial charge in [-0.15, -0.1) is 11.3 Å². The molecule has 0 radical (unpaired) electrons. The maximum atomic E-state index is 12.4. The Labute approximate surface area is 153 Å². The highest BCUT2D eigenvalue weighted by Gasteiger charge is 2.18. The van der Waals surface area contributed by atoms with Crippen LogP contribution in [0.3, 0.4) is 0 Å². The van der Waals surface area contributed by atoms with Crippen LogP contribution in [0.5, 0.6) is 0 Å². The highest BCUT2D eigenvalue weighted by Crippen LogP contribution is 2.24. The molecule has 2 heterocycles. The number of thiophene rings is 1. The summed E-state index contributed by atoms with van der Waals surface area (Å²) in [5, 5.41) is 0. The minimum atomic E-state index is -3.46. The van der Waals surface area contributed by atoms with Crippen LogP contribution in [-0.4, -0.2) is 39.6 Å². The minimum Gasteiger partial charge on any atom is -0.379 e. The van der Waals surface area contributed by atoms with Gasteiger partial charge < -0.3 is 4.74 Å². The predicted molar refractivity (Wildman–Crippen MR) is 100 cm³/mol. The van der Waals surface area contributed by atoms with Crippen molar-refractivity contribution in [2.24, 2.45) is 0 Å². The summed E-state index contributed by atoms with van der Waals surface area (Å²) in [4.78, 5) is 4.58. The predicted octanol–water partition coefficient (Wildman–Crippen LogP) is 2.68. The molecule has 2 aromatic rings. The zero-order valence-electron chi connectivity index (χ0n) is 14.6. The Bertz CT molecular complexity index is 807. The van der Waals surface area contributed by atoms with E-state index in [0.717, 1.165) is 48.2 Å². The van der Waals surface area contributed by atoms with Gasteiger partial charge >= 0.3 is 0 Å². The first-order valence-electron chi connectivity index (χ1n) is 8.39. The third-order valence-corrected chi connectivity index (χ3v) is 6.91. The maximum Gasteiger partial charge on any atom is 0.241 e. The summed E-state index contributed by atoms with van der Waals surface area (Å²) in [6.45, 7) is 8.47. The zero-order chi connectivity index (χ0) is 17.9. The molecule has 1 N–H and O–H groups in total. The van der Waals surface area contributed by atoms with Crippen molar-refractivity contribution < 1.29 is 13.2 Å². The van der Waals surface area contributed by atoms with E-state index in [1.807, 2.05) is 26.0 Å². The smallest absolute Gasteiger partial charge is 0.241 e. The van der Waals surface area contributed by atoms with Crippen molar-refractivity contribution in [3.8, 4) is 0 Å². The molecule has 0 atom stereocenters. The van der Waals surface area contributed by atoms with E-state index in [9.17, 15) is 8.42 Å². The van der Waals surface area contributed by atoms with Crippen molar-refractivity contribution in [1.82, 2.24) is 9.62 Å². The van der Waals surface area contributed by atoms with Crippen LogP contribution in [0.4, 0.5) is 0 Å². The summed E-state index contributed by atoms with van der Waals surface area (Å²) in [5.74, 6) is 0. The summed E-state index contributed by atoms with van der Waals surface area (Å²) in [6.07, 6.45) is 0. The molecule has 7 heteroatoms. The molecular formula is C18H24N2O3S2. The maximum absolute atomic E-state index is 12.4. The number of benzene rings is 1. The van der Waals surface area contributed by atoms with Gasteiger partial charge in [0.25, 0.3) is 0 Å². The zero-order valence-corrected chi connectivity index (χ0v) is 16.3. The van der Waals surface area contributed by atoms with Crippen molar-refractivity contribution in [3.63, 3.8) is 0 Å². The van der Waals surface area contributed by atoms with Gasteiger partial charge in [-0.2, -0.15) is 0 Å². The molecule has 136 valence electrons. The summed E-state index contributed by atoms with van der Waals surface area (Å²) < 4.78 is 33.0. The number of morpholine rings is 1. The summed E-state index contributed by atoms with van der Waals surface area (Å²) in [6, 6.07) is 9.85. The van der Waals surface area contributed by atoms with Gasteiger partial charge in [0.2, 0.25) is 10.0 Å². The SMILES string of the molecule is Cc1cc(S(=O)(=O)NCc2ccc(CN3CCOCC3)cc2)c(C)s1. The van der Waals surface area contributed by atoms with E-state index in [-0.39, 0.29) is 0 Å². The lowest BCUT2D eigenvalue weighted by atomic mass is 10.1. The average molecular weight is 381 g/mol. The van der Waals surface area contributed by atoms with Gasteiger partial charge in [-0.1, -0.05) is 24.3 Å². The van der Waals surface area contributed by atoms with E-state index in [0.29, 0.717) is 11.4 Å². The molecule has 5 nitrogen and oxygen atoms in total. The molecule has 25 heavy (non-hydrogen) atoms. The second-order valence-corrected chi connectivity index (χ2v) is 9.50. The molecule has 3 rings (SSSR count). The summed E-state index contributed by atoms with van der Waals surface area (Å²) in [7, 11) is -3.46. The van der Waals surface area contributed by atoms with Crippen LogP contribution in [-0.2, 0) is 27.8 Å². The molecule has 1 aromatic carbocycles. The lowest BCUT2D eigenvalue weighted by Crippen LogP contribution is -2.35. The second-order valence-electron chi connectivity index (χ2n) is 6.31. The van der Waals surface area contributed by atoms with Crippen molar-refractivity contribution in [2.75, 3.05) is 26.3 Å². The van der Waals surface area contributed by atoms with Gasteiger partial charge in [0.05, 0.1) is 18.1 Å². The van der Waals surface area contributed by atoms with Crippen molar-refractivity contribution in [1.29, 1.82) is 0 Å². The molecular weight excluding hydrogens is 356 g/mol. The van der Waals surface area contributed by atoms with Crippen molar-refractivity contribution in [3.05, 3.63) is 51.2 Å². The van der Waals surface area contributed by atoms with E-state index >= 15 is 0 Å². The van der Waals surface area contributed by atoms with E-state index in [4.69, 9.17) is 4.74 Å². The molecule has 0 unspecified atom stereocenters. The Morgan fingerprint density at radius 3 is 2.36 bits per heavy atom. The number of hydrogen-bond donors (Lipinski definition) is 1. The largest absolute Gasteiger partial charge is 0.379 e. The van der Waals surface area contributed by atoms with Crippen LogP contribution in [0.2, 0.25) is 0 Å². The molecule has 0 spiro atoms. The summed E-state index contributed by atoms with van der Waals surface area (Å²) in [5.41, 5.74) is 2.19. The third-order valence-electron chi connectivity index (χ3n) is 4.28. The summed E-state index contributed by atoms with van der Waals surface area (Å²) >= 11 is 1.50. The number of rotatable bonds is 6. The monoisotopic (exact) mass is 380 g/mol. The minimum absolute atomic E-state index is 0.300. The number of sulfonamides is 1. The van der Waals surface area contributed by atoms with Crippen LogP contribution >= 0.6 is 11.3 Å². The van der Waals surface area contributed by atoms with E-state index < -0.39 is 10.0 Å². The number of ether oxygens (including phenoxy) is 1. The van der Waals surface area contributed by atoms with Gasteiger partial charge in [-0.05, 0) is 31.0 Å². The number of nitrogens with one attached hydrogen (secondary N) is 1. The number of aryl methyl sites for hydroxylation is 2. The Morgan fingerprint density at radius 2 is 1.76 bits per heavy atom. The van der Waals surface area contributed by atoms with Crippen LogP contribution in [0.15, 0.2) is 35.2 Å². The van der Waals surface area contributed by atoms with E-state index in [2.05, 4.69) is 21.8 Å². The topological polar surface area (TPSA) is 58.6 Å². The quantitative estimate of drug-likeness (QED) is 0.837. The lowest BCUT2D eigenvalue weighted by molar-refractivity contribution is 0.0342. The number of nitrogens with zero attached hydrogens (tertiary/aromatic N) is 1. The highest BCUT2D eigenvalue weighted by atomic mass is 32.2. The molecule has 1 aliphatic heterocycles. The van der Waals surface area contributed by atoms with Gasteiger partial charge in [-0.3, -0.25) is 4.90 Å². The van der Waals surface area contributed by atoms with Crippen LogP contribution in [0.25, 0.3) is 0 Å². The first kappa shape index (κ1) is 18.5. The fourth-order valence-corrected chi connectivity index (χ4v) is 5.48. The third kappa shape index (κ3) is 4.89. The Kier molecular flexibility index (Phi) is 5.91. The molecule has 0 amide bonds. The van der Waals surface area contributed by atoms with Gasteiger partial charge in [-0.25, -0.2) is 13.1 Å². The Balaban J connectivity index is 1.59. The van der Waals surface area contributed by atoms with Gasteiger partial charge in [0.15, 0.2) is 0 Å². The van der Waals surface area contributed by atoms with Crippen molar-refractivity contribution in [2.45, 2.75) is 31.8 Å². The van der Waals surface area contributed by atoms with E-state index in [1.165, 1.54) is 16.9 Å². The molecule has 0 saturated carbocycles. The molecule has 1 fully saturated rings. The van der Waals surface area contributed by atoms with Crippen LogP contribution < -0.4 is 4.72 Å². The fraction of sp³-hybridized carbons (Fsp3) is 0.444. The number of hydrogen-bond acceptors (Lipinski definition) is 5. The van der Waals surface area contributed by atoms with Crippen LogP contribution in [0.1, 0.15) is 20.9 Å². The molecule has 0 bridgehead atoms. The Hall–Kier alpha value is -1.25. The molecule has 1 saturated heterocycles. The normalized spacial score (nSPS) is 16.2. The standard InChI is InChI=1S/C18H24N2O3S2/c1-14-11-18(15(2)24-14)25(21,22)19-12-16-3-5-17(6-4-16)13-20-7-9-23-10-8-20/h3-6,11,19H,7-10,12-13H2,1-2H3. The van der Waals surface area contributed by atoms with Gasteiger partial charge in [0, 0.05) is 35.9 Å². The van der Waals surface area contributed by atoms with E-state index in [1.54, 1.807) is 6.07 Å². The Morgan fingerprint density at radius 1 is 1.12 bits per heavy atom. The first-order chi connectivity index (χ1) is 11.9. The van der Waals surface area contributed by atoms with Crippen molar-refractivity contribution >= 4 is 21.4 Å². The van der Waals surface area contributed by atoms with Crippen LogP contribution in [0, 0.1) is 13.8 Å². The fourth-order valence-electron chi connectivity index (χ4n) is 2.91. The second kappa shape index (κ2) is 7.97. The molecule has 1 aromatic heterocycles.